The zero-order valence-electron chi connectivity index (χ0n) is 23.8. The zero-order valence-corrected chi connectivity index (χ0v) is 23.8. The standard InChI is InChI=1S/C29H33N7O7/c1-3-30-29(39)34-24-20-25(32-15-31-24)36(16-33-20)27-23-21(41-19(42-23)13-12-17-9-6-5-7-10-17)22(43-27)26(37)35-14-8-11-18(35)28(38)40-4-2/h5-7,9-10,12-13,15-16,18-19,21-23,27H,3-4,8,11,14H2,1-2H3,(H2,30,31,32,34,39)/b13-12+/t18-,19+,21?,22?,23?,27?/m1/s1. The Morgan fingerprint density at radius 3 is 2.67 bits per heavy atom. The van der Waals surface area contributed by atoms with Gasteiger partial charge in [-0.2, -0.15) is 0 Å². The van der Waals surface area contributed by atoms with E-state index in [1.54, 1.807) is 24.5 Å². The van der Waals surface area contributed by atoms with Gasteiger partial charge >= 0.3 is 12.0 Å². The van der Waals surface area contributed by atoms with Gasteiger partial charge in [0.25, 0.3) is 5.91 Å². The molecule has 14 nitrogen and oxygen atoms in total. The maximum Gasteiger partial charge on any atom is 0.328 e. The van der Waals surface area contributed by atoms with Gasteiger partial charge in [-0.15, -0.1) is 0 Å². The number of likely N-dealkylation sites (tertiary alicyclic amines) is 1. The topological polar surface area (TPSA) is 159 Å². The molecule has 3 saturated heterocycles. The quantitative estimate of drug-likeness (QED) is 0.372. The molecule has 4 unspecified atom stereocenters. The second kappa shape index (κ2) is 12.5. The zero-order chi connectivity index (χ0) is 29.9. The summed E-state index contributed by atoms with van der Waals surface area (Å²) in [5, 5.41) is 5.33. The van der Waals surface area contributed by atoms with Crippen molar-refractivity contribution in [2.24, 2.45) is 0 Å². The highest BCUT2D eigenvalue weighted by Crippen LogP contribution is 2.42. The van der Waals surface area contributed by atoms with Crippen molar-refractivity contribution in [3.05, 3.63) is 54.6 Å². The number of nitrogens with zero attached hydrogens (tertiary/aromatic N) is 5. The minimum atomic E-state index is -1.06. The number of carbonyl (C=O) groups excluding carboxylic acids is 3. The van der Waals surface area contributed by atoms with Gasteiger partial charge in [-0.25, -0.2) is 24.5 Å². The number of esters is 1. The summed E-state index contributed by atoms with van der Waals surface area (Å²) in [6.07, 6.45) is 3.50. The van der Waals surface area contributed by atoms with Crippen molar-refractivity contribution in [1.29, 1.82) is 0 Å². The molecule has 6 atom stereocenters. The summed E-state index contributed by atoms with van der Waals surface area (Å²) in [5.41, 5.74) is 1.67. The number of ether oxygens (including phenoxy) is 4. The number of fused-ring (bicyclic) bond motifs is 2. The number of aromatic nitrogens is 4. The fourth-order valence-corrected chi connectivity index (χ4v) is 5.66. The molecule has 43 heavy (non-hydrogen) atoms. The van der Waals surface area contributed by atoms with Crippen molar-refractivity contribution in [1.82, 2.24) is 29.7 Å². The smallest absolute Gasteiger partial charge is 0.328 e. The second-order valence-electron chi connectivity index (χ2n) is 10.3. The summed E-state index contributed by atoms with van der Waals surface area (Å²) >= 11 is 0. The van der Waals surface area contributed by atoms with Gasteiger partial charge in [0.05, 0.1) is 12.9 Å². The maximum atomic E-state index is 13.9. The van der Waals surface area contributed by atoms with Crippen LogP contribution in [0.25, 0.3) is 17.2 Å². The van der Waals surface area contributed by atoms with Crippen LogP contribution < -0.4 is 10.6 Å². The molecule has 3 aliphatic heterocycles. The van der Waals surface area contributed by atoms with Gasteiger partial charge in [-0.05, 0) is 38.3 Å². The first kappa shape index (κ1) is 28.7. The van der Waals surface area contributed by atoms with Crippen LogP contribution >= 0.6 is 0 Å². The van der Waals surface area contributed by atoms with Gasteiger partial charge < -0.3 is 29.2 Å². The third-order valence-electron chi connectivity index (χ3n) is 7.56. The van der Waals surface area contributed by atoms with Crippen LogP contribution in [-0.2, 0) is 28.5 Å². The van der Waals surface area contributed by atoms with Crippen LogP contribution in [0.5, 0.6) is 0 Å². The Morgan fingerprint density at radius 1 is 1.07 bits per heavy atom. The van der Waals surface area contributed by atoms with E-state index in [2.05, 4.69) is 25.6 Å². The summed E-state index contributed by atoms with van der Waals surface area (Å²) in [6, 6.07) is 8.59. The van der Waals surface area contributed by atoms with Crippen molar-refractivity contribution < 1.29 is 33.3 Å². The van der Waals surface area contributed by atoms with Crippen LogP contribution in [0.2, 0.25) is 0 Å². The van der Waals surface area contributed by atoms with Crippen LogP contribution in [0.1, 0.15) is 38.5 Å². The molecule has 5 heterocycles. The second-order valence-corrected chi connectivity index (χ2v) is 10.3. The third-order valence-corrected chi connectivity index (χ3v) is 7.56. The van der Waals surface area contributed by atoms with E-state index in [1.807, 2.05) is 36.4 Å². The van der Waals surface area contributed by atoms with Gasteiger partial charge in [0, 0.05) is 13.1 Å². The number of amides is 3. The molecule has 2 aromatic heterocycles. The van der Waals surface area contributed by atoms with Crippen LogP contribution in [0, 0.1) is 0 Å². The molecule has 14 heteroatoms. The Hall–Kier alpha value is -4.40. The fourth-order valence-electron chi connectivity index (χ4n) is 5.66. The summed E-state index contributed by atoms with van der Waals surface area (Å²) in [7, 11) is 0. The molecule has 226 valence electrons. The molecule has 2 N–H and O–H groups in total. The Balaban J connectivity index is 1.30. The number of carbonyl (C=O) groups is 3. The number of urea groups is 1. The Kier molecular flexibility index (Phi) is 8.31. The van der Waals surface area contributed by atoms with E-state index >= 15 is 0 Å². The summed E-state index contributed by atoms with van der Waals surface area (Å²) in [4.78, 5) is 53.3. The Bertz CT molecular complexity index is 1510. The molecule has 3 aromatic rings. The molecule has 1 aromatic carbocycles. The normalized spacial score (nSPS) is 26.6. The lowest BCUT2D eigenvalue weighted by Gasteiger charge is -2.27. The molecule has 0 saturated carbocycles. The van der Waals surface area contributed by atoms with Crippen LogP contribution in [0.3, 0.4) is 0 Å². The number of hydrogen-bond donors (Lipinski definition) is 2. The molecule has 3 fully saturated rings. The fraction of sp³-hybridized carbons (Fsp3) is 0.448. The molecular formula is C29H33N7O7. The van der Waals surface area contributed by atoms with E-state index in [9.17, 15) is 14.4 Å². The third kappa shape index (κ3) is 5.68. The highest BCUT2D eigenvalue weighted by atomic mass is 16.8. The summed E-state index contributed by atoms with van der Waals surface area (Å²) < 4.78 is 25.8. The average molecular weight is 592 g/mol. The lowest BCUT2D eigenvalue weighted by Crippen LogP contribution is -2.49. The number of nitrogens with one attached hydrogen (secondary N) is 2. The first-order chi connectivity index (χ1) is 21.0. The Labute approximate surface area is 247 Å². The lowest BCUT2D eigenvalue weighted by atomic mass is 10.1. The molecule has 0 radical (unpaired) electrons. The van der Waals surface area contributed by atoms with Crippen LogP contribution in [-0.4, -0.2) is 92.7 Å². The Morgan fingerprint density at radius 2 is 1.88 bits per heavy atom. The van der Waals surface area contributed by atoms with Crippen molar-refractivity contribution in [3.8, 4) is 0 Å². The van der Waals surface area contributed by atoms with Crippen LogP contribution in [0.4, 0.5) is 10.6 Å². The van der Waals surface area contributed by atoms with Crippen molar-refractivity contribution >= 4 is 41.0 Å². The first-order valence-corrected chi connectivity index (χ1v) is 14.4. The van der Waals surface area contributed by atoms with Gasteiger partial charge in [-0.3, -0.25) is 14.7 Å². The lowest BCUT2D eigenvalue weighted by molar-refractivity contribution is -0.167. The molecule has 0 spiro atoms. The molecule has 0 aliphatic carbocycles. The maximum absolute atomic E-state index is 13.9. The average Bonchev–Trinajstić information content (AvgIpc) is 3.80. The monoisotopic (exact) mass is 591 g/mol. The molecule has 3 aliphatic rings. The van der Waals surface area contributed by atoms with E-state index in [4.69, 9.17) is 18.9 Å². The van der Waals surface area contributed by atoms with Crippen molar-refractivity contribution in [3.63, 3.8) is 0 Å². The van der Waals surface area contributed by atoms with Crippen molar-refractivity contribution in [2.75, 3.05) is 25.0 Å². The van der Waals surface area contributed by atoms with Gasteiger partial charge in [-0.1, -0.05) is 36.4 Å². The number of benzene rings is 1. The minimum Gasteiger partial charge on any atom is -0.464 e. The van der Waals surface area contributed by atoms with E-state index < -0.39 is 48.9 Å². The molecular weight excluding hydrogens is 558 g/mol. The number of hydrogen-bond acceptors (Lipinski definition) is 10. The van der Waals surface area contributed by atoms with E-state index in [-0.39, 0.29) is 18.3 Å². The van der Waals surface area contributed by atoms with Gasteiger partial charge in [0.15, 0.2) is 35.6 Å². The highest BCUT2D eigenvalue weighted by molar-refractivity contribution is 5.95. The van der Waals surface area contributed by atoms with Crippen LogP contribution in [0.15, 0.2) is 49.1 Å². The largest absolute Gasteiger partial charge is 0.464 e. The van der Waals surface area contributed by atoms with Crippen molar-refractivity contribution in [2.45, 2.75) is 63.6 Å². The minimum absolute atomic E-state index is 0.221. The van der Waals surface area contributed by atoms with E-state index in [0.717, 1.165) is 5.56 Å². The first-order valence-electron chi connectivity index (χ1n) is 14.4. The summed E-state index contributed by atoms with van der Waals surface area (Å²) in [5.74, 6) is -0.586. The number of anilines is 1. The number of rotatable bonds is 8. The molecule has 3 amide bonds. The van der Waals surface area contributed by atoms with E-state index in [0.29, 0.717) is 37.1 Å². The predicted molar refractivity (Wildman–Crippen MR) is 152 cm³/mol. The van der Waals surface area contributed by atoms with Gasteiger partial charge in [0.1, 0.15) is 24.6 Å². The number of imidazole rings is 1. The molecule has 0 bridgehead atoms. The highest BCUT2D eigenvalue weighted by Gasteiger charge is 2.57. The van der Waals surface area contributed by atoms with E-state index in [1.165, 1.54) is 17.6 Å². The molecule has 6 rings (SSSR count). The predicted octanol–water partition coefficient (Wildman–Crippen LogP) is 2.24. The summed E-state index contributed by atoms with van der Waals surface area (Å²) in [6.45, 7) is 4.60. The SMILES string of the molecule is CCNC(=O)Nc1ncnc2c1ncn2C1OC(C(=O)N2CCC[C@@H]2C(=O)OCC)C2O[C@H](/C=C/c3ccccc3)OC21. The van der Waals surface area contributed by atoms with Gasteiger partial charge in [0.2, 0.25) is 0 Å².